The summed E-state index contributed by atoms with van der Waals surface area (Å²) in [5.74, 6) is -4.09. The van der Waals surface area contributed by atoms with Gasteiger partial charge in [-0.1, -0.05) is 0 Å². The normalized spacial score (nSPS) is 23.1. The van der Waals surface area contributed by atoms with E-state index in [4.69, 9.17) is 5.73 Å². The molecule has 2 atom stereocenters. The minimum atomic E-state index is -1.12. The molecule has 0 heterocycles. The molecule has 0 bridgehead atoms. The number of nitrogens with one attached hydrogen (secondary N) is 1. The Morgan fingerprint density at radius 3 is 2.33 bits per heavy atom. The van der Waals surface area contributed by atoms with Crippen molar-refractivity contribution < 1.29 is 18.0 Å². The Labute approximate surface area is 102 Å². The van der Waals surface area contributed by atoms with Gasteiger partial charge in [0.05, 0.1) is 0 Å². The number of carbonyl (C=O) groups excluding carboxylic acids is 1. The van der Waals surface area contributed by atoms with Gasteiger partial charge in [0.1, 0.15) is 11.5 Å². The molecule has 18 heavy (non-hydrogen) atoms. The fraction of sp³-hybridized carbons (Fsp3) is 0.417. The van der Waals surface area contributed by atoms with Crippen molar-refractivity contribution in [1.29, 1.82) is 0 Å². The molecule has 1 aliphatic rings. The lowest BCUT2D eigenvalue weighted by Gasteiger charge is -2.12. The first-order valence-corrected chi connectivity index (χ1v) is 5.68. The van der Waals surface area contributed by atoms with E-state index < -0.39 is 29.0 Å². The Morgan fingerprint density at radius 1 is 1.22 bits per heavy atom. The molecule has 1 amide bonds. The average Bonchev–Trinajstić information content (AvgIpc) is 2.70. The summed E-state index contributed by atoms with van der Waals surface area (Å²) in [7, 11) is 0. The molecule has 1 saturated carbocycles. The van der Waals surface area contributed by atoms with Crippen molar-refractivity contribution in [2.24, 2.45) is 11.7 Å². The van der Waals surface area contributed by atoms with Crippen LogP contribution in [0.15, 0.2) is 12.1 Å². The molecule has 1 aliphatic carbocycles. The number of benzene rings is 1. The summed E-state index contributed by atoms with van der Waals surface area (Å²) in [6.45, 7) is 0. The van der Waals surface area contributed by atoms with E-state index >= 15 is 0 Å². The molecule has 0 radical (unpaired) electrons. The van der Waals surface area contributed by atoms with E-state index in [1.165, 1.54) is 0 Å². The fourth-order valence-electron chi connectivity index (χ4n) is 2.14. The molecule has 1 fully saturated rings. The number of nitrogens with two attached hydrogens (primary N) is 1. The molecule has 1 aromatic carbocycles. The van der Waals surface area contributed by atoms with Crippen LogP contribution in [-0.2, 0) is 4.79 Å². The lowest BCUT2D eigenvalue weighted by Crippen LogP contribution is -2.24. The maximum Gasteiger partial charge on any atom is 0.227 e. The third-order valence-electron chi connectivity index (χ3n) is 3.10. The van der Waals surface area contributed by atoms with E-state index in [0.29, 0.717) is 31.4 Å². The standard InChI is InChI=1S/C12H13F3N2O/c13-7-4-9(14)11(10(15)5-7)17-12(18)6-1-2-8(16)3-6/h4-6,8H,1-3,16H2,(H,17,18). The summed E-state index contributed by atoms with van der Waals surface area (Å²) in [5.41, 5.74) is 5.05. The highest BCUT2D eigenvalue weighted by Crippen LogP contribution is 2.27. The van der Waals surface area contributed by atoms with Crippen molar-refractivity contribution >= 4 is 11.6 Å². The highest BCUT2D eigenvalue weighted by atomic mass is 19.1. The zero-order chi connectivity index (χ0) is 13.3. The Balaban J connectivity index is 2.12. The fourth-order valence-corrected chi connectivity index (χ4v) is 2.14. The number of carbonyl (C=O) groups is 1. The van der Waals surface area contributed by atoms with Crippen LogP contribution in [0.4, 0.5) is 18.9 Å². The molecule has 0 saturated heterocycles. The summed E-state index contributed by atoms with van der Waals surface area (Å²) < 4.78 is 39.3. The minimum Gasteiger partial charge on any atom is -0.328 e. The average molecular weight is 258 g/mol. The SMILES string of the molecule is NC1CCC(C(=O)Nc2c(F)cc(F)cc2F)C1. The Hall–Kier alpha value is -1.56. The Bertz CT molecular complexity index is 455. The zero-order valence-corrected chi connectivity index (χ0v) is 9.55. The van der Waals surface area contributed by atoms with Crippen molar-refractivity contribution in [2.75, 3.05) is 5.32 Å². The lowest BCUT2D eigenvalue weighted by atomic mass is 10.1. The van der Waals surface area contributed by atoms with Crippen LogP contribution in [0, 0.1) is 23.4 Å². The lowest BCUT2D eigenvalue weighted by molar-refractivity contribution is -0.119. The minimum absolute atomic E-state index is 0.0522. The van der Waals surface area contributed by atoms with Gasteiger partial charge in [-0.15, -0.1) is 0 Å². The van der Waals surface area contributed by atoms with Crippen LogP contribution < -0.4 is 11.1 Å². The molecule has 0 aliphatic heterocycles. The highest BCUT2D eigenvalue weighted by molar-refractivity contribution is 5.93. The van der Waals surface area contributed by atoms with Gasteiger partial charge >= 0.3 is 0 Å². The third-order valence-corrected chi connectivity index (χ3v) is 3.10. The molecule has 3 N–H and O–H groups in total. The van der Waals surface area contributed by atoms with Crippen LogP contribution in [0.1, 0.15) is 19.3 Å². The van der Waals surface area contributed by atoms with Gasteiger partial charge in [-0.2, -0.15) is 0 Å². The van der Waals surface area contributed by atoms with E-state index in [1.807, 2.05) is 0 Å². The summed E-state index contributed by atoms with van der Waals surface area (Å²) in [6, 6.07) is 1.00. The molecule has 2 rings (SSSR count). The number of halogens is 3. The van der Waals surface area contributed by atoms with Crippen LogP contribution >= 0.6 is 0 Å². The van der Waals surface area contributed by atoms with Crippen LogP contribution in [0.2, 0.25) is 0 Å². The van der Waals surface area contributed by atoms with Gasteiger partial charge < -0.3 is 11.1 Å². The second kappa shape index (κ2) is 4.97. The Kier molecular flexibility index (Phi) is 3.56. The van der Waals surface area contributed by atoms with E-state index in [9.17, 15) is 18.0 Å². The number of rotatable bonds is 2. The van der Waals surface area contributed by atoms with Crippen LogP contribution in [0.5, 0.6) is 0 Å². The quantitative estimate of drug-likeness (QED) is 0.854. The van der Waals surface area contributed by atoms with Gasteiger partial charge in [-0.3, -0.25) is 4.79 Å². The van der Waals surface area contributed by atoms with Gasteiger partial charge in [-0.25, -0.2) is 13.2 Å². The predicted molar refractivity (Wildman–Crippen MR) is 60.3 cm³/mol. The van der Waals surface area contributed by atoms with Crippen molar-refractivity contribution in [3.63, 3.8) is 0 Å². The molecular formula is C12H13F3N2O. The highest BCUT2D eigenvalue weighted by Gasteiger charge is 2.28. The Morgan fingerprint density at radius 2 is 1.83 bits per heavy atom. The first-order valence-electron chi connectivity index (χ1n) is 5.68. The molecule has 3 nitrogen and oxygen atoms in total. The monoisotopic (exact) mass is 258 g/mol. The molecule has 1 aromatic rings. The summed E-state index contributed by atoms with van der Waals surface area (Å²) in [6.07, 6.45) is 1.81. The predicted octanol–water partition coefficient (Wildman–Crippen LogP) is 2.17. The van der Waals surface area contributed by atoms with Gasteiger partial charge in [0.2, 0.25) is 5.91 Å². The molecule has 98 valence electrons. The van der Waals surface area contributed by atoms with Crippen molar-refractivity contribution in [1.82, 2.24) is 0 Å². The topological polar surface area (TPSA) is 55.1 Å². The van der Waals surface area contributed by atoms with Gasteiger partial charge in [0.15, 0.2) is 11.6 Å². The van der Waals surface area contributed by atoms with Gasteiger partial charge in [0, 0.05) is 24.1 Å². The van der Waals surface area contributed by atoms with Crippen LogP contribution in [-0.4, -0.2) is 11.9 Å². The maximum absolute atomic E-state index is 13.3. The molecular weight excluding hydrogens is 245 g/mol. The van der Waals surface area contributed by atoms with Crippen LogP contribution in [0.3, 0.4) is 0 Å². The molecule has 0 aromatic heterocycles. The zero-order valence-electron chi connectivity index (χ0n) is 9.55. The van der Waals surface area contributed by atoms with E-state index in [0.717, 1.165) is 0 Å². The van der Waals surface area contributed by atoms with E-state index in [2.05, 4.69) is 5.32 Å². The number of hydrogen-bond acceptors (Lipinski definition) is 2. The van der Waals surface area contributed by atoms with Crippen molar-refractivity contribution in [3.8, 4) is 0 Å². The summed E-state index contributed by atoms with van der Waals surface area (Å²) in [5, 5.41) is 2.16. The maximum atomic E-state index is 13.3. The number of hydrogen-bond donors (Lipinski definition) is 2. The second-order valence-corrected chi connectivity index (χ2v) is 4.50. The van der Waals surface area contributed by atoms with E-state index in [-0.39, 0.29) is 12.0 Å². The first-order chi connectivity index (χ1) is 8.47. The molecule has 2 unspecified atom stereocenters. The van der Waals surface area contributed by atoms with Crippen molar-refractivity contribution in [2.45, 2.75) is 25.3 Å². The summed E-state index contributed by atoms with van der Waals surface area (Å²) >= 11 is 0. The van der Waals surface area contributed by atoms with Gasteiger partial charge in [0.25, 0.3) is 0 Å². The molecule has 6 heteroatoms. The number of anilines is 1. The summed E-state index contributed by atoms with van der Waals surface area (Å²) in [4.78, 5) is 11.8. The first kappa shape index (κ1) is 12.9. The number of amides is 1. The van der Waals surface area contributed by atoms with Crippen molar-refractivity contribution in [3.05, 3.63) is 29.6 Å². The smallest absolute Gasteiger partial charge is 0.227 e. The third kappa shape index (κ3) is 2.64. The van der Waals surface area contributed by atoms with E-state index in [1.54, 1.807) is 0 Å². The second-order valence-electron chi connectivity index (χ2n) is 4.50. The largest absolute Gasteiger partial charge is 0.328 e. The van der Waals surface area contributed by atoms with Gasteiger partial charge in [-0.05, 0) is 19.3 Å². The molecule has 0 spiro atoms. The van der Waals surface area contributed by atoms with Crippen LogP contribution in [0.25, 0.3) is 0 Å².